The molecule has 1 unspecified atom stereocenters. The summed E-state index contributed by atoms with van der Waals surface area (Å²) in [5.74, 6) is -0.791. The molecule has 2 N–H and O–H groups in total. The van der Waals surface area contributed by atoms with Crippen LogP contribution in [0.25, 0.3) is 0 Å². The predicted molar refractivity (Wildman–Crippen MR) is 78.2 cm³/mol. The van der Waals surface area contributed by atoms with Gasteiger partial charge in [0.15, 0.2) is 0 Å². The second-order valence-electron chi connectivity index (χ2n) is 4.72. The second-order valence-corrected chi connectivity index (χ2v) is 4.72. The third-order valence-electron chi connectivity index (χ3n) is 3.23. The lowest BCUT2D eigenvalue weighted by molar-refractivity contribution is -0.139. The Balaban J connectivity index is 2.61. The molecular formula is C16H23NO2. The molecule has 2 atom stereocenters. The lowest BCUT2D eigenvalue weighted by Gasteiger charge is -2.22. The molecule has 0 spiro atoms. The summed E-state index contributed by atoms with van der Waals surface area (Å²) in [5.41, 5.74) is 1.04. The molecule has 1 aromatic rings. The van der Waals surface area contributed by atoms with E-state index in [1.165, 1.54) is 0 Å². The van der Waals surface area contributed by atoms with Gasteiger partial charge in [-0.25, -0.2) is 0 Å². The maximum Gasteiger partial charge on any atom is 0.321 e. The highest BCUT2D eigenvalue weighted by Gasteiger charge is 2.20. The summed E-state index contributed by atoms with van der Waals surface area (Å²) in [7, 11) is 0. The summed E-state index contributed by atoms with van der Waals surface area (Å²) in [4.78, 5) is 11.3. The number of nitrogens with one attached hydrogen (secondary N) is 1. The zero-order valence-electron chi connectivity index (χ0n) is 11.5. The molecule has 19 heavy (non-hydrogen) atoms. The molecule has 104 valence electrons. The molecule has 1 rings (SSSR count). The fourth-order valence-electron chi connectivity index (χ4n) is 2.08. The molecular weight excluding hydrogens is 238 g/mol. The van der Waals surface area contributed by atoms with E-state index in [1.807, 2.05) is 36.4 Å². The van der Waals surface area contributed by atoms with Crippen LogP contribution in [-0.2, 0) is 11.2 Å². The molecule has 3 nitrogen and oxygen atoms in total. The topological polar surface area (TPSA) is 49.3 Å². The molecule has 0 saturated carbocycles. The van der Waals surface area contributed by atoms with E-state index in [9.17, 15) is 9.90 Å². The van der Waals surface area contributed by atoms with Crippen LogP contribution in [0.3, 0.4) is 0 Å². The minimum absolute atomic E-state index is 0.225. The highest BCUT2D eigenvalue weighted by Crippen LogP contribution is 2.08. The number of hydrogen-bond acceptors (Lipinski definition) is 2. The van der Waals surface area contributed by atoms with Gasteiger partial charge in [0.2, 0.25) is 0 Å². The van der Waals surface area contributed by atoms with E-state index in [2.05, 4.69) is 18.8 Å². The Labute approximate surface area is 115 Å². The van der Waals surface area contributed by atoms with Crippen LogP contribution in [0.15, 0.2) is 43.0 Å². The van der Waals surface area contributed by atoms with E-state index in [-0.39, 0.29) is 6.04 Å². The van der Waals surface area contributed by atoms with Gasteiger partial charge in [0, 0.05) is 6.04 Å². The Morgan fingerprint density at radius 2 is 2.11 bits per heavy atom. The van der Waals surface area contributed by atoms with Crippen molar-refractivity contribution >= 4 is 5.97 Å². The van der Waals surface area contributed by atoms with Gasteiger partial charge in [0.1, 0.15) is 6.04 Å². The maximum absolute atomic E-state index is 11.3. The van der Waals surface area contributed by atoms with Crippen molar-refractivity contribution in [2.24, 2.45) is 0 Å². The number of hydrogen-bond donors (Lipinski definition) is 2. The Bertz CT molecular complexity index is 389. The molecule has 0 fully saturated rings. The Hall–Kier alpha value is -1.61. The molecule has 0 aliphatic heterocycles. The van der Waals surface area contributed by atoms with Gasteiger partial charge in [0.05, 0.1) is 0 Å². The molecule has 0 bridgehead atoms. The Kier molecular flexibility index (Phi) is 6.90. The van der Waals surface area contributed by atoms with Crippen molar-refractivity contribution in [2.45, 2.75) is 44.7 Å². The molecule has 0 aliphatic carbocycles. The van der Waals surface area contributed by atoms with Gasteiger partial charge < -0.3 is 10.4 Å². The van der Waals surface area contributed by atoms with Crippen LogP contribution >= 0.6 is 0 Å². The zero-order valence-corrected chi connectivity index (χ0v) is 11.5. The molecule has 0 saturated heterocycles. The number of rotatable bonds is 9. The molecule has 1 aromatic carbocycles. The van der Waals surface area contributed by atoms with Crippen LogP contribution in [0.4, 0.5) is 0 Å². The maximum atomic E-state index is 11.3. The van der Waals surface area contributed by atoms with Crippen molar-refractivity contribution < 1.29 is 9.90 Å². The van der Waals surface area contributed by atoms with Crippen molar-refractivity contribution in [3.8, 4) is 0 Å². The quantitative estimate of drug-likeness (QED) is 0.672. The first kappa shape index (κ1) is 15.4. The summed E-state index contributed by atoms with van der Waals surface area (Å²) in [6.07, 6.45) is 5.15. The zero-order chi connectivity index (χ0) is 14.1. The van der Waals surface area contributed by atoms with E-state index < -0.39 is 12.0 Å². The molecule has 0 amide bonds. The fourth-order valence-corrected chi connectivity index (χ4v) is 2.08. The number of allylic oxidation sites excluding steroid dienone is 1. The van der Waals surface area contributed by atoms with Crippen LogP contribution in [0.5, 0.6) is 0 Å². The SMILES string of the molecule is C=CCCC(CC)N[C@@H](Cc1ccccc1)C(=O)O. The van der Waals surface area contributed by atoms with E-state index in [0.717, 1.165) is 24.8 Å². The van der Waals surface area contributed by atoms with Gasteiger partial charge in [-0.15, -0.1) is 6.58 Å². The van der Waals surface area contributed by atoms with Crippen LogP contribution in [0.1, 0.15) is 31.7 Å². The molecule has 0 aromatic heterocycles. The second kappa shape index (κ2) is 8.48. The number of carboxylic acids is 1. The van der Waals surface area contributed by atoms with Crippen LogP contribution < -0.4 is 5.32 Å². The van der Waals surface area contributed by atoms with Crippen LogP contribution in [0.2, 0.25) is 0 Å². The first-order valence-electron chi connectivity index (χ1n) is 6.81. The van der Waals surface area contributed by atoms with Crippen molar-refractivity contribution in [1.29, 1.82) is 0 Å². The summed E-state index contributed by atoms with van der Waals surface area (Å²) >= 11 is 0. The molecule has 3 heteroatoms. The van der Waals surface area contributed by atoms with Gasteiger partial charge in [0.25, 0.3) is 0 Å². The number of benzene rings is 1. The highest BCUT2D eigenvalue weighted by atomic mass is 16.4. The minimum Gasteiger partial charge on any atom is -0.480 e. The third kappa shape index (κ3) is 5.71. The molecule has 0 heterocycles. The van der Waals surface area contributed by atoms with E-state index in [4.69, 9.17) is 0 Å². The lowest BCUT2D eigenvalue weighted by atomic mass is 10.0. The number of carboxylic acid groups (broad SMARTS) is 1. The van der Waals surface area contributed by atoms with Crippen molar-refractivity contribution in [3.63, 3.8) is 0 Å². The monoisotopic (exact) mass is 261 g/mol. The average Bonchev–Trinajstić information content (AvgIpc) is 2.43. The summed E-state index contributed by atoms with van der Waals surface area (Å²) in [6.45, 7) is 5.78. The third-order valence-corrected chi connectivity index (χ3v) is 3.23. The van der Waals surface area contributed by atoms with E-state index in [0.29, 0.717) is 6.42 Å². The van der Waals surface area contributed by atoms with Crippen molar-refractivity contribution in [2.75, 3.05) is 0 Å². The van der Waals surface area contributed by atoms with Gasteiger partial charge >= 0.3 is 5.97 Å². The minimum atomic E-state index is -0.791. The first-order chi connectivity index (χ1) is 9.17. The number of aliphatic carboxylic acids is 1. The standard InChI is InChI=1S/C16H23NO2/c1-3-5-11-14(4-2)17-15(16(18)19)12-13-9-7-6-8-10-13/h3,6-10,14-15,17H,1,4-5,11-12H2,2H3,(H,18,19)/t14?,15-/m0/s1. The summed E-state index contributed by atoms with van der Waals surface area (Å²) < 4.78 is 0. The normalized spacial score (nSPS) is 13.7. The fraction of sp³-hybridized carbons (Fsp3) is 0.438. The lowest BCUT2D eigenvalue weighted by Crippen LogP contribution is -2.44. The Morgan fingerprint density at radius 3 is 2.63 bits per heavy atom. The van der Waals surface area contributed by atoms with Gasteiger partial charge in [-0.05, 0) is 31.2 Å². The van der Waals surface area contributed by atoms with Crippen LogP contribution in [0, 0.1) is 0 Å². The summed E-state index contributed by atoms with van der Waals surface area (Å²) in [6, 6.07) is 9.42. The smallest absolute Gasteiger partial charge is 0.321 e. The van der Waals surface area contributed by atoms with Gasteiger partial charge in [-0.2, -0.15) is 0 Å². The highest BCUT2D eigenvalue weighted by molar-refractivity contribution is 5.74. The Morgan fingerprint density at radius 1 is 1.42 bits per heavy atom. The van der Waals surface area contributed by atoms with Gasteiger partial charge in [-0.3, -0.25) is 4.79 Å². The average molecular weight is 261 g/mol. The van der Waals surface area contributed by atoms with E-state index >= 15 is 0 Å². The summed E-state index contributed by atoms with van der Waals surface area (Å²) in [5, 5.41) is 12.6. The first-order valence-corrected chi connectivity index (χ1v) is 6.81. The molecule has 0 aliphatic rings. The largest absolute Gasteiger partial charge is 0.480 e. The van der Waals surface area contributed by atoms with Crippen molar-refractivity contribution in [3.05, 3.63) is 48.6 Å². The van der Waals surface area contributed by atoms with Crippen molar-refractivity contribution in [1.82, 2.24) is 5.32 Å². The van der Waals surface area contributed by atoms with E-state index in [1.54, 1.807) is 0 Å². The molecule has 0 radical (unpaired) electrons. The number of carbonyl (C=O) groups is 1. The van der Waals surface area contributed by atoms with Crippen LogP contribution in [-0.4, -0.2) is 23.2 Å². The van der Waals surface area contributed by atoms with Gasteiger partial charge in [-0.1, -0.05) is 43.3 Å². The predicted octanol–water partition coefficient (Wildman–Crippen LogP) is 3.02.